The van der Waals surface area contributed by atoms with Gasteiger partial charge in [0, 0.05) is 25.9 Å². The van der Waals surface area contributed by atoms with Crippen molar-refractivity contribution in [2.45, 2.75) is 58.0 Å². The predicted octanol–water partition coefficient (Wildman–Crippen LogP) is 1.56. The van der Waals surface area contributed by atoms with Crippen LogP contribution >= 0.6 is 0 Å². The van der Waals surface area contributed by atoms with Gasteiger partial charge in [-0.3, -0.25) is 14.6 Å². The minimum Gasteiger partial charge on any atom is -0.339 e. The number of rotatable bonds is 6. The molecule has 0 bridgehead atoms. The van der Waals surface area contributed by atoms with E-state index in [4.69, 9.17) is 4.52 Å². The standard InChI is InChI=1S/C17H27N5O3/c1-4-5-8-14-18-13(20-25-14)11-22-9-6-7-12(10-22)17(2)15(23)21(3)16(24)19-17/h12H,4-11H2,1-3H3,(H,19,24)/t12-,17-/m1/s1. The van der Waals surface area contributed by atoms with Crippen molar-refractivity contribution in [3.05, 3.63) is 11.7 Å². The second-order valence-corrected chi connectivity index (χ2v) is 7.28. The van der Waals surface area contributed by atoms with Gasteiger partial charge in [0.25, 0.3) is 5.91 Å². The van der Waals surface area contributed by atoms with Crippen LogP contribution in [0.3, 0.4) is 0 Å². The first-order chi connectivity index (χ1) is 11.9. The van der Waals surface area contributed by atoms with Gasteiger partial charge in [0.2, 0.25) is 5.89 Å². The summed E-state index contributed by atoms with van der Waals surface area (Å²) in [6.45, 7) is 6.24. The molecule has 1 aromatic heterocycles. The van der Waals surface area contributed by atoms with Gasteiger partial charge in [-0.25, -0.2) is 4.79 Å². The van der Waals surface area contributed by atoms with Crippen molar-refractivity contribution in [2.75, 3.05) is 20.1 Å². The number of urea groups is 1. The zero-order chi connectivity index (χ0) is 18.0. The smallest absolute Gasteiger partial charge is 0.324 e. The maximum atomic E-state index is 12.5. The van der Waals surface area contributed by atoms with E-state index in [-0.39, 0.29) is 17.9 Å². The van der Waals surface area contributed by atoms with E-state index >= 15 is 0 Å². The molecule has 2 fully saturated rings. The van der Waals surface area contributed by atoms with Crippen molar-refractivity contribution < 1.29 is 14.1 Å². The molecule has 3 rings (SSSR count). The van der Waals surface area contributed by atoms with Crippen molar-refractivity contribution in [1.29, 1.82) is 0 Å². The van der Waals surface area contributed by atoms with Crippen LogP contribution in [-0.4, -0.2) is 57.6 Å². The van der Waals surface area contributed by atoms with Crippen LogP contribution in [0.15, 0.2) is 4.52 Å². The monoisotopic (exact) mass is 349 g/mol. The fraction of sp³-hybridized carbons (Fsp3) is 0.765. The summed E-state index contributed by atoms with van der Waals surface area (Å²) in [6, 6.07) is -0.316. The first kappa shape index (κ1) is 17.8. The molecular weight excluding hydrogens is 322 g/mol. The molecule has 0 aliphatic carbocycles. The maximum Gasteiger partial charge on any atom is 0.324 e. The second kappa shape index (κ2) is 7.11. The van der Waals surface area contributed by atoms with Crippen LogP contribution in [0.5, 0.6) is 0 Å². The summed E-state index contributed by atoms with van der Waals surface area (Å²) < 4.78 is 5.29. The normalized spacial score (nSPS) is 27.8. The van der Waals surface area contributed by atoms with Crippen LogP contribution in [0, 0.1) is 5.92 Å². The first-order valence-corrected chi connectivity index (χ1v) is 9.08. The van der Waals surface area contributed by atoms with Crippen molar-refractivity contribution >= 4 is 11.9 Å². The highest BCUT2D eigenvalue weighted by Gasteiger charge is 2.51. The van der Waals surface area contributed by atoms with Crippen molar-refractivity contribution in [3.8, 4) is 0 Å². The van der Waals surface area contributed by atoms with Crippen LogP contribution < -0.4 is 5.32 Å². The lowest BCUT2D eigenvalue weighted by atomic mass is 9.80. The Morgan fingerprint density at radius 1 is 1.40 bits per heavy atom. The van der Waals surface area contributed by atoms with Crippen LogP contribution in [-0.2, 0) is 17.8 Å². The highest BCUT2D eigenvalue weighted by molar-refractivity contribution is 6.06. The Labute approximate surface area is 147 Å². The van der Waals surface area contributed by atoms with Gasteiger partial charge in [-0.2, -0.15) is 4.98 Å². The molecule has 2 atom stereocenters. The summed E-state index contributed by atoms with van der Waals surface area (Å²) >= 11 is 0. The van der Waals surface area contributed by atoms with Crippen molar-refractivity contribution in [1.82, 2.24) is 25.3 Å². The molecule has 0 saturated carbocycles. The number of likely N-dealkylation sites (N-methyl/N-ethyl adjacent to an activating group) is 1. The Morgan fingerprint density at radius 3 is 2.88 bits per heavy atom. The number of likely N-dealkylation sites (tertiary alicyclic amines) is 1. The minimum atomic E-state index is -0.825. The predicted molar refractivity (Wildman–Crippen MR) is 90.6 cm³/mol. The Bertz CT molecular complexity index is 646. The molecule has 3 heterocycles. The number of imide groups is 1. The molecular formula is C17H27N5O3. The largest absolute Gasteiger partial charge is 0.339 e. The van der Waals surface area contributed by atoms with Gasteiger partial charge in [-0.15, -0.1) is 0 Å². The Morgan fingerprint density at radius 2 is 2.20 bits per heavy atom. The minimum absolute atomic E-state index is 0.0779. The van der Waals surface area contributed by atoms with Gasteiger partial charge in [0.05, 0.1) is 6.54 Å². The van der Waals surface area contributed by atoms with E-state index in [0.717, 1.165) is 45.2 Å². The number of aryl methyl sites for hydroxylation is 1. The van der Waals surface area contributed by atoms with E-state index in [0.29, 0.717) is 18.3 Å². The van der Waals surface area contributed by atoms with Crippen molar-refractivity contribution in [3.63, 3.8) is 0 Å². The van der Waals surface area contributed by atoms with Gasteiger partial charge in [-0.05, 0) is 32.7 Å². The summed E-state index contributed by atoms with van der Waals surface area (Å²) in [5.74, 6) is 1.31. The van der Waals surface area contributed by atoms with Crippen LogP contribution in [0.1, 0.15) is 51.2 Å². The molecule has 8 nitrogen and oxygen atoms in total. The first-order valence-electron chi connectivity index (χ1n) is 9.08. The Hall–Kier alpha value is -1.96. The number of carbonyl (C=O) groups is 2. The molecule has 1 aromatic rings. The number of carbonyl (C=O) groups excluding carboxylic acids is 2. The van der Waals surface area contributed by atoms with E-state index in [2.05, 4.69) is 27.3 Å². The summed E-state index contributed by atoms with van der Waals surface area (Å²) in [7, 11) is 1.53. The van der Waals surface area contributed by atoms with Gasteiger partial charge in [0.15, 0.2) is 5.82 Å². The fourth-order valence-electron chi connectivity index (χ4n) is 3.73. The third-order valence-electron chi connectivity index (χ3n) is 5.36. The molecule has 0 spiro atoms. The van der Waals surface area contributed by atoms with Gasteiger partial charge in [-0.1, -0.05) is 18.5 Å². The quantitative estimate of drug-likeness (QED) is 0.784. The van der Waals surface area contributed by atoms with Crippen LogP contribution in [0.25, 0.3) is 0 Å². The average molecular weight is 349 g/mol. The lowest BCUT2D eigenvalue weighted by molar-refractivity contribution is -0.132. The Balaban J connectivity index is 1.62. The van der Waals surface area contributed by atoms with Crippen LogP contribution in [0.2, 0.25) is 0 Å². The van der Waals surface area contributed by atoms with Gasteiger partial charge < -0.3 is 9.84 Å². The third kappa shape index (κ3) is 3.53. The molecule has 2 saturated heterocycles. The average Bonchev–Trinajstić information content (AvgIpc) is 3.13. The molecule has 8 heteroatoms. The van der Waals surface area contributed by atoms with Gasteiger partial charge in [0.1, 0.15) is 5.54 Å². The zero-order valence-corrected chi connectivity index (χ0v) is 15.2. The van der Waals surface area contributed by atoms with E-state index < -0.39 is 5.54 Å². The fourth-order valence-corrected chi connectivity index (χ4v) is 3.73. The highest BCUT2D eigenvalue weighted by atomic mass is 16.5. The van der Waals surface area contributed by atoms with Crippen LogP contribution in [0.4, 0.5) is 4.79 Å². The molecule has 2 aliphatic rings. The topological polar surface area (TPSA) is 91.6 Å². The second-order valence-electron chi connectivity index (χ2n) is 7.28. The molecule has 138 valence electrons. The molecule has 1 N–H and O–H groups in total. The molecule has 25 heavy (non-hydrogen) atoms. The number of nitrogens with zero attached hydrogens (tertiary/aromatic N) is 4. The summed E-state index contributed by atoms with van der Waals surface area (Å²) in [5.41, 5.74) is -0.825. The van der Waals surface area contributed by atoms with E-state index in [1.165, 1.54) is 11.9 Å². The molecule has 0 unspecified atom stereocenters. The SMILES string of the molecule is CCCCc1nc(CN2CCC[C@@H]([C@@]3(C)NC(=O)N(C)C3=O)C2)no1. The number of nitrogens with one attached hydrogen (secondary N) is 1. The molecule has 3 amide bonds. The van der Waals surface area contributed by atoms with E-state index in [1.807, 2.05) is 6.92 Å². The summed E-state index contributed by atoms with van der Waals surface area (Å²) in [6.07, 6.45) is 4.85. The van der Waals surface area contributed by atoms with E-state index in [1.54, 1.807) is 0 Å². The number of amides is 3. The van der Waals surface area contributed by atoms with E-state index in [9.17, 15) is 9.59 Å². The Kier molecular flexibility index (Phi) is 5.08. The molecule has 0 aromatic carbocycles. The molecule has 2 aliphatic heterocycles. The van der Waals surface area contributed by atoms with Crippen molar-refractivity contribution in [2.24, 2.45) is 5.92 Å². The number of hydrogen-bond donors (Lipinski definition) is 1. The lowest BCUT2D eigenvalue weighted by Crippen LogP contribution is -2.55. The highest BCUT2D eigenvalue weighted by Crippen LogP contribution is 2.32. The lowest BCUT2D eigenvalue weighted by Gasteiger charge is -2.39. The third-order valence-corrected chi connectivity index (χ3v) is 5.36. The number of piperidine rings is 1. The molecule has 0 radical (unpaired) electrons. The van der Waals surface area contributed by atoms with Gasteiger partial charge >= 0.3 is 6.03 Å². The number of aromatic nitrogens is 2. The maximum absolute atomic E-state index is 12.5. The summed E-state index contributed by atoms with van der Waals surface area (Å²) in [5, 5.41) is 6.94. The number of unbranched alkanes of at least 4 members (excludes halogenated alkanes) is 1. The summed E-state index contributed by atoms with van der Waals surface area (Å²) in [4.78, 5) is 32.2. The zero-order valence-electron chi connectivity index (χ0n) is 15.2. The number of hydrogen-bond acceptors (Lipinski definition) is 6.